The van der Waals surface area contributed by atoms with Crippen LogP contribution in [0.4, 0.5) is 0 Å². The van der Waals surface area contributed by atoms with Crippen molar-refractivity contribution < 1.29 is 19.0 Å². The van der Waals surface area contributed by atoms with E-state index in [4.69, 9.17) is 19.2 Å². The van der Waals surface area contributed by atoms with Crippen LogP contribution in [0.15, 0.2) is 81.4 Å². The number of hydrogen-bond donors (Lipinski definition) is 0. The average molecular weight is 575 g/mol. The van der Waals surface area contributed by atoms with E-state index in [1.165, 1.54) is 22.7 Å². The quantitative estimate of drug-likeness (QED) is 0.257. The Kier molecular flexibility index (Phi) is 8.32. The van der Waals surface area contributed by atoms with E-state index in [0.29, 0.717) is 38.7 Å². The van der Waals surface area contributed by atoms with Crippen LogP contribution >= 0.6 is 22.7 Å². The lowest BCUT2D eigenvalue weighted by atomic mass is 9.97. The molecule has 4 aromatic rings. The lowest BCUT2D eigenvalue weighted by Gasteiger charge is -2.24. The maximum Gasteiger partial charge on any atom is 0.338 e. The summed E-state index contributed by atoms with van der Waals surface area (Å²) in [5.41, 5.74) is 2.22. The summed E-state index contributed by atoms with van der Waals surface area (Å²) in [5.74, 6) is 0.782. The minimum Gasteiger partial charge on any atom is -0.490 e. The second kappa shape index (κ2) is 12.1. The molecule has 0 saturated heterocycles. The van der Waals surface area contributed by atoms with Gasteiger partial charge < -0.3 is 14.2 Å². The maximum absolute atomic E-state index is 14.0. The first-order chi connectivity index (χ1) is 19.4. The van der Waals surface area contributed by atoms with E-state index < -0.39 is 12.0 Å². The van der Waals surface area contributed by atoms with E-state index >= 15 is 0 Å². The van der Waals surface area contributed by atoms with Crippen molar-refractivity contribution in [1.82, 2.24) is 4.57 Å². The van der Waals surface area contributed by atoms with Gasteiger partial charge in [-0.3, -0.25) is 9.36 Å². The molecule has 0 unspecified atom stereocenters. The molecular weight excluding hydrogens is 544 g/mol. The number of ether oxygens (including phenoxy) is 3. The molecule has 5 rings (SSSR count). The zero-order chi connectivity index (χ0) is 28.2. The Bertz CT molecular complexity index is 1720. The van der Waals surface area contributed by atoms with Crippen LogP contribution in [0, 0.1) is 0 Å². The van der Waals surface area contributed by atoms with Crippen LogP contribution in [0.25, 0.3) is 11.8 Å². The lowest BCUT2D eigenvalue weighted by molar-refractivity contribution is -0.138. The van der Waals surface area contributed by atoms with Crippen molar-refractivity contribution in [2.24, 2.45) is 4.99 Å². The van der Waals surface area contributed by atoms with Crippen LogP contribution < -0.4 is 24.4 Å². The van der Waals surface area contributed by atoms with Gasteiger partial charge >= 0.3 is 5.97 Å². The van der Waals surface area contributed by atoms with Gasteiger partial charge in [0.05, 0.1) is 35.1 Å². The smallest absolute Gasteiger partial charge is 0.338 e. The SMILES string of the molecule is CCOC(=O)C1=C(c2ccccc2)N=c2s/c(=C\c3ccc(OC(C)C)c(OCC)c3)c(=O)n2[C@H]1c1cccs1. The summed E-state index contributed by atoms with van der Waals surface area (Å²) < 4.78 is 19.3. The molecular formula is C31H30N2O5S2. The minimum atomic E-state index is -0.659. The molecule has 9 heteroatoms. The number of benzene rings is 2. The number of carbonyl (C=O) groups excluding carboxylic acids is 1. The minimum absolute atomic E-state index is 0.00148. The second-order valence-electron chi connectivity index (χ2n) is 9.25. The van der Waals surface area contributed by atoms with Crippen LogP contribution in [0.2, 0.25) is 0 Å². The van der Waals surface area contributed by atoms with E-state index in [9.17, 15) is 9.59 Å². The molecule has 0 saturated carbocycles. The number of carbonyl (C=O) groups is 1. The molecule has 40 heavy (non-hydrogen) atoms. The number of thiazole rings is 1. The molecule has 0 fully saturated rings. The largest absolute Gasteiger partial charge is 0.490 e. The Balaban J connectivity index is 1.72. The maximum atomic E-state index is 14.0. The summed E-state index contributed by atoms with van der Waals surface area (Å²) >= 11 is 2.78. The molecule has 0 spiro atoms. The van der Waals surface area contributed by atoms with Gasteiger partial charge in [-0.15, -0.1) is 11.3 Å². The van der Waals surface area contributed by atoms with Gasteiger partial charge in [0.15, 0.2) is 16.3 Å². The third-order valence-electron chi connectivity index (χ3n) is 6.11. The molecule has 1 atom stereocenters. The number of rotatable bonds is 9. The van der Waals surface area contributed by atoms with Crippen LogP contribution in [-0.2, 0) is 9.53 Å². The zero-order valence-corrected chi connectivity index (χ0v) is 24.4. The van der Waals surface area contributed by atoms with Gasteiger partial charge in [0.25, 0.3) is 5.56 Å². The summed E-state index contributed by atoms with van der Waals surface area (Å²) in [6.45, 7) is 8.31. The topological polar surface area (TPSA) is 79.1 Å². The van der Waals surface area contributed by atoms with Crippen LogP contribution in [0.5, 0.6) is 11.5 Å². The highest BCUT2D eigenvalue weighted by Gasteiger charge is 2.35. The molecule has 2 aromatic carbocycles. The number of hydrogen-bond acceptors (Lipinski definition) is 8. The van der Waals surface area contributed by atoms with Crippen molar-refractivity contribution in [1.29, 1.82) is 0 Å². The summed E-state index contributed by atoms with van der Waals surface area (Å²) in [4.78, 5) is 33.7. The zero-order valence-electron chi connectivity index (χ0n) is 22.7. The first kappa shape index (κ1) is 27.6. The molecule has 0 N–H and O–H groups in total. The molecule has 7 nitrogen and oxygen atoms in total. The molecule has 0 radical (unpaired) electrons. The number of nitrogens with zero attached hydrogens (tertiary/aromatic N) is 2. The number of fused-ring (bicyclic) bond motifs is 1. The fourth-order valence-corrected chi connectivity index (χ4v) is 6.37. The summed E-state index contributed by atoms with van der Waals surface area (Å²) in [7, 11) is 0. The van der Waals surface area contributed by atoms with Crippen molar-refractivity contribution in [3.8, 4) is 11.5 Å². The molecule has 1 aliphatic rings. The highest BCUT2D eigenvalue weighted by atomic mass is 32.1. The van der Waals surface area contributed by atoms with E-state index in [0.717, 1.165) is 16.0 Å². The Labute approximate surface area is 240 Å². The fraction of sp³-hybridized carbons (Fsp3) is 0.258. The van der Waals surface area contributed by atoms with E-state index in [-0.39, 0.29) is 18.3 Å². The van der Waals surface area contributed by atoms with Gasteiger partial charge in [-0.1, -0.05) is 53.8 Å². The van der Waals surface area contributed by atoms with Crippen molar-refractivity contribution in [2.75, 3.05) is 13.2 Å². The monoisotopic (exact) mass is 574 g/mol. The number of aromatic nitrogens is 1. The average Bonchev–Trinajstić information content (AvgIpc) is 3.58. The normalized spacial score (nSPS) is 15.1. The summed E-state index contributed by atoms with van der Waals surface area (Å²) in [6.07, 6.45) is 1.83. The third-order valence-corrected chi connectivity index (χ3v) is 8.02. The molecule has 0 aliphatic carbocycles. The molecule has 0 amide bonds. The van der Waals surface area contributed by atoms with Gasteiger partial charge in [-0.05, 0) is 62.9 Å². The van der Waals surface area contributed by atoms with Crippen LogP contribution in [0.3, 0.4) is 0 Å². The van der Waals surface area contributed by atoms with Crippen molar-refractivity contribution in [2.45, 2.75) is 39.8 Å². The summed E-state index contributed by atoms with van der Waals surface area (Å²) in [5, 5.41) is 1.94. The van der Waals surface area contributed by atoms with E-state index in [1.807, 2.05) is 92.9 Å². The van der Waals surface area contributed by atoms with Gasteiger partial charge in [0.2, 0.25) is 0 Å². The molecule has 3 heterocycles. The Morgan fingerprint density at radius 2 is 1.85 bits per heavy atom. The molecule has 206 valence electrons. The second-order valence-corrected chi connectivity index (χ2v) is 11.2. The Hall–Kier alpha value is -3.95. The lowest BCUT2D eigenvalue weighted by Crippen LogP contribution is -2.39. The van der Waals surface area contributed by atoms with Gasteiger partial charge in [0.1, 0.15) is 6.04 Å². The molecule has 0 bridgehead atoms. The van der Waals surface area contributed by atoms with Gasteiger partial charge in [0, 0.05) is 10.4 Å². The van der Waals surface area contributed by atoms with Gasteiger partial charge in [-0.2, -0.15) is 0 Å². The van der Waals surface area contributed by atoms with Crippen molar-refractivity contribution in [3.63, 3.8) is 0 Å². The predicted molar refractivity (Wildman–Crippen MR) is 159 cm³/mol. The highest BCUT2D eigenvalue weighted by Crippen LogP contribution is 2.37. The van der Waals surface area contributed by atoms with Crippen LogP contribution in [0.1, 0.15) is 49.7 Å². The van der Waals surface area contributed by atoms with E-state index in [2.05, 4.69) is 0 Å². The van der Waals surface area contributed by atoms with Gasteiger partial charge in [-0.25, -0.2) is 9.79 Å². The molecule has 2 aromatic heterocycles. The summed E-state index contributed by atoms with van der Waals surface area (Å²) in [6, 6.07) is 18.3. The highest BCUT2D eigenvalue weighted by molar-refractivity contribution is 7.10. The number of esters is 1. The van der Waals surface area contributed by atoms with Crippen molar-refractivity contribution >= 4 is 40.4 Å². The fourth-order valence-electron chi connectivity index (χ4n) is 4.54. The van der Waals surface area contributed by atoms with Crippen molar-refractivity contribution in [3.05, 3.63) is 107 Å². The first-order valence-electron chi connectivity index (χ1n) is 13.2. The van der Waals surface area contributed by atoms with E-state index in [1.54, 1.807) is 11.5 Å². The third kappa shape index (κ3) is 5.52. The first-order valence-corrected chi connectivity index (χ1v) is 14.9. The number of thiophene rings is 1. The standard InChI is InChI=1S/C31H30N2O5S2/c1-5-36-23-17-20(14-15-22(23)38-19(3)4)18-25-29(34)33-28(24-13-10-16-39-24)26(30(35)37-6-2)27(32-31(33)40-25)21-11-8-7-9-12-21/h7-19,28H,5-6H2,1-4H3/b25-18-/t28-/m0/s1. The van der Waals surface area contributed by atoms with Crippen LogP contribution in [-0.4, -0.2) is 29.9 Å². The molecule has 1 aliphatic heterocycles. The Morgan fingerprint density at radius 3 is 2.52 bits per heavy atom. The predicted octanol–water partition coefficient (Wildman–Crippen LogP) is 5.18. The Morgan fingerprint density at radius 1 is 1.05 bits per heavy atom.